The summed E-state index contributed by atoms with van der Waals surface area (Å²) in [4.78, 5) is 18.8. The molecule has 4 rings (SSSR count). The van der Waals surface area contributed by atoms with Crippen molar-refractivity contribution in [3.8, 4) is 6.07 Å². The largest absolute Gasteiger partial charge is 0.331 e. The lowest BCUT2D eigenvalue weighted by molar-refractivity contribution is 0.192. The van der Waals surface area contributed by atoms with E-state index < -0.39 is 0 Å². The standard InChI is InChI=1S/C19H17BrN4O/c20-17-6-15(8-22-9-17)18(13-3-4-13)23-19(25)24-10-14-2-1-12(7-21)5-16(14)11-24/h1-2,5-6,8-9,13,18H,3-4,10-11H2,(H,23,25). The van der Waals surface area contributed by atoms with Crippen LogP contribution in [0.15, 0.2) is 41.1 Å². The molecule has 1 saturated carbocycles. The van der Waals surface area contributed by atoms with E-state index in [1.54, 1.807) is 17.2 Å². The third-order valence-electron chi connectivity index (χ3n) is 4.80. The van der Waals surface area contributed by atoms with Crippen molar-refractivity contribution < 1.29 is 4.79 Å². The number of nitrogens with one attached hydrogen (secondary N) is 1. The third-order valence-corrected chi connectivity index (χ3v) is 5.24. The fourth-order valence-electron chi connectivity index (χ4n) is 3.33. The first-order chi connectivity index (χ1) is 12.1. The molecule has 1 N–H and O–H groups in total. The Hall–Kier alpha value is -2.39. The highest BCUT2D eigenvalue weighted by atomic mass is 79.9. The van der Waals surface area contributed by atoms with Crippen LogP contribution in [0.1, 0.15) is 41.1 Å². The van der Waals surface area contributed by atoms with Crippen LogP contribution in [-0.4, -0.2) is 15.9 Å². The Bertz CT molecular complexity index is 872. The number of pyridine rings is 1. The minimum absolute atomic E-state index is 0.00381. The fraction of sp³-hybridized carbons (Fsp3) is 0.316. The summed E-state index contributed by atoms with van der Waals surface area (Å²) < 4.78 is 0.919. The summed E-state index contributed by atoms with van der Waals surface area (Å²) in [5.74, 6) is 0.482. The van der Waals surface area contributed by atoms with Crippen LogP contribution in [0.25, 0.3) is 0 Å². The van der Waals surface area contributed by atoms with Gasteiger partial charge in [0.15, 0.2) is 0 Å². The molecule has 2 aromatic rings. The van der Waals surface area contributed by atoms with Crippen molar-refractivity contribution in [2.24, 2.45) is 5.92 Å². The Kier molecular flexibility index (Phi) is 4.18. The van der Waals surface area contributed by atoms with Crippen molar-refractivity contribution >= 4 is 22.0 Å². The second-order valence-electron chi connectivity index (χ2n) is 6.65. The number of carbonyl (C=O) groups excluding carboxylic acids is 1. The Balaban J connectivity index is 1.49. The lowest BCUT2D eigenvalue weighted by Crippen LogP contribution is -2.39. The van der Waals surface area contributed by atoms with Gasteiger partial charge in [-0.05, 0) is 69.6 Å². The highest BCUT2D eigenvalue weighted by Crippen LogP contribution is 2.41. The number of hydrogen-bond donors (Lipinski definition) is 1. The molecular formula is C19H17BrN4O. The number of hydrogen-bond acceptors (Lipinski definition) is 3. The highest BCUT2D eigenvalue weighted by molar-refractivity contribution is 9.10. The van der Waals surface area contributed by atoms with E-state index in [9.17, 15) is 4.79 Å². The normalized spacial score (nSPS) is 16.9. The molecular weight excluding hydrogens is 380 g/mol. The molecule has 2 aliphatic rings. The SMILES string of the molecule is N#Cc1ccc2c(c1)CN(C(=O)NC(c1cncc(Br)c1)C1CC1)C2. The maximum Gasteiger partial charge on any atom is 0.318 e. The van der Waals surface area contributed by atoms with Crippen molar-refractivity contribution in [1.29, 1.82) is 5.26 Å². The molecule has 0 bridgehead atoms. The molecule has 1 aliphatic carbocycles. The minimum Gasteiger partial charge on any atom is -0.331 e. The topological polar surface area (TPSA) is 69.0 Å². The number of nitrogens with zero attached hydrogens (tertiary/aromatic N) is 3. The number of aromatic nitrogens is 1. The number of benzene rings is 1. The molecule has 5 nitrogen and oxygen atoms in total. The predicted molar refractivity (Wildman–Crippen MR) is 96.3 cm³/mol. The molecule has 0 radical (unpaired) electrons. The van der Waals surface area contributed by atoms with Crippen LogP contribution in [0, 0.1) is 17.2 Å². The first-order valence-corrected chi connectivity index (χ1v) is 9.11. The lowest BCUT2D eigenvalue weighted by Gasteiger charge is -2.23. The first-order valence-electron chi connectivity index (χ1n) is 8.32. The summed E-state index contributed by atoms with van der Waals surface area (Å²) in [6.45, 7) is 1.13. The Morgan fingerprint density at radius 3 is 2.80 bits per heavy atom. The van der Waals surface area contributed by atoms with Gasteiger partial charge < -0.3 is 10.2 Å². The van der Waals surface area contributed by atoms with Crippen molar-refractivity contribution in [3.05, 3.63) is 63.4 Å². The summed E-state index contributed by atoms with van der Waals surface area (Å²) in [6.07, 6.45) is 5.83. The van der Waals surface area contributed by atoms with E-state index in [4.69, 9.17) is 5.26 Å². The van der Waals surface area contributed by atoms with Crippen molar-refractivity contribution in [2.75, 3.05) is 0 Å². The van der Waals surface area contributed by atoms with E-state index in [0.29, 0.717) is 24.6 Å². The third kappa shape index (κ3) is 3.38. The summed E-state index contributed by atoms with van der Waals surface area (Å²) in [5, 5.41) is 12.2. The lowest BCUT2D eigenvalue weighted by atomic mass is 10.0. The smallest absolute Gasteiger partial charge is 0.318 e. The van der Waals surface area contributed by atoms with Gasteiger partial charge in [-0.25, -0.2) is 4.79 Å². The zero-order chi connectivity index (χ0) is 17.4. The van der Waals surface area contributed by atoms with E-state index in [0.717, 1.165) is 34.0 Å². The summed E-state index contributed by atoms with van der Waals surface area (Å²) in [6, 6.07) is 9.73. The maximum absolute atomic E-state index is 12.8. The molecule has 1 atom stereocenters. The predicted octanol–water partition coefficient (Wildman–Crippen LogP) is 3.89. The van der Waals surface area contributed by atoms with E-state index in [1.165, 1.54) is 0 Å². The molecule has 0 saturated heterocycles. The monoisotopic (exact) mass is 396 g/mol. The van der Waals surface area contributed by atoms with E-state index in [-0.39, 0.29) is 12.1 Å². The van der Waals surface area contributed by atoms with E-state index >= 15 is 0 Å². The average Bonchev–Trinajstić information content (AvgIpc) is 3.36. The molecule has 25 heavy (non-hydrogen) atoms. The number of nitriles is 1. The van der Waals surface area contributed by atoms with Gasteiger partial charge in [-0.2, -0.15) is 5.26 Å². The van der Waals surface area contributed by atoms with Gasteiger partial charge in [-0.15, -0.1) is 0 Å². The van der Waals surface area contributed by atoms with Gasteiger partial charge in [0, 0.05) is 30.0 Å². The van der Waals surface area contributed by atoms with Crippen LogP contribution in [0.5, 0.6) is 0 Å². The second kappa shape index (κ2) is 6.49. The molecule has 1 aromatic heterocycles. The summed E-state index contributed by atoms with van der Waals surface area (Å²) in [7, 11) is 0. The average molecular weight is 397 g/mol. The van der Waals surface area contributed by atoms with E-state index in [2.05, 4.69) is 32.3 Å². The second-order valence-corrected chi connectivity index (χ2v) is 7.57. The van der Waals surface area contributed by atoms with Crippen LogP contribution in [0.4, 0.5) is 4.79 Å². The number of halogens is 1. The van der Waals surface area contributed by atoms with Crippen LogP contribution in [-0.2, 0) is 13.1 Å². The molecule has 0 spiro atoms. The van der Waals surface area contributed by atoms with Gasteiger partial charge in [0.05, 0.1) is 17.7 Å². The molecule has 2 heterocycles. The van der Waals surface area contributed by atoms with Crippen molar-refractivity contribution in [2.45, 2.75) is 32.0 Å². The number of urea groups is 1. The zero-order valence-corrected chi connectivity index (χ0v) is 15.2. The van der Waals surface area contributed by atoms with Gasteiger partial charge >= 0.3 is 6.03 Å². The molecule has 1 fully saturated rings. The van der Waals surface area contributed by atoms with Crippen LogP contribution in [0.3, 0.4) is 0 Å². The molecule has 1 aliphatic heterocycles. The molecule has 1 aromatic carbocycles. The zero-order valence-electron chi connectivity index (χ0n) is 13.6. The maximum atomic E-state index is 12.8. The van der Waals surface area contributed by atoms with Gasteiger partial charge in [-0.3, -0.25) is 4.98 Å². The molecule has 1 unspecified atom stereocenters. The highest BCUT2D eigenvalue weighted by Gasteiger charge is 2.35. The molecule has 6 heteroatoms. The minimum atomic E-state index is -0.0633. The number of fused-ring (bicyclic) bond motifs is 1. The van der Waals surface area contributed by atoms with Crippen molar-refractivity contribution in [3.63, 3.8) is 0 Å². The first kappa shape index (κ1) is 16.1. The molecule has 2 amide bonds. The number of rotatable bonds is 3. The van der Waals surface area contributed by atoms with Gasteiger partial charge in [-0.1, -0.05) is 6.07 Å². The summed E-state index contributed by atoms with van der Waals surface area (Å²) in [5.41, 5.74) is 3.84. The Morgan fingerprint density at radius 1 is 1.28 bits per heavy atom. The fourth-order valence-corrected chi connectivity index (χ4v) is 3.72. The van der Waals surface area contributed by atoms with Gasteiger partial charge in [0.25, 0.3) is 0 Å². The van der Waals surface area contributed by atoms with Crippen LogP contribution >= 0.6 is 15.9 Å². The van der Waals surface area contributed by atoms with Gasteiger partial charge in [0.1, 0.15) is 0 Å². The number of amides is 2. The van der Waals surface area contributed by atoms with Crippen LogP contribution in [0.2, 0.25) is 0 Å². The summed E-state index contributed by atoms with van der Waals surface area (Å²) >= 11 is 3.45. The quantitative estimate of drug-likeness (QED) is 0.855. The van der Waals surface area contributed by atoms with E-state index in [1.807, 2.05) is 24.4 Å². The Labute approximate surface area is 154 Å². The van der Waals surface area contributed by atoms with Crippen molar-refractivity contribution in [1.82, 2.24) is 15.2 Å². The van der Waals surface area contributed by atoms with Crippen LogP contribution < -0.4 is 5.32 Å². The Morgan fingerprint density at radius 2 is 2.08 bits per heavy atom. The van der Waals surface area contributed by atoms with Gasteiger partial charge in [0.2, 0.25) is 0 Å². The molecule has 126 valence electrons. The number of carbonyl (C=O) groups is 1.